The summed E-state index contributed by atoms with van der Waals surface area (Å²) >= 11 is 0. The minimum Gasteiger partial charge on any atom is -0.493 e. The van der Waals surface area contributed by atoms with E-state index in [2.05, 4.69) is 42.3 Å². The van der Waals surface area contributed by atoms with Crippen molar-refractivity contribution >= 4 is 11.9 Å². The van der Waals surface area contributed by atoms with Crippen molar-refractivity contribution in [3.63, 3.8) is 0 Å². The van der Waals surface area contributed by atoms with Gasteiger partial charge in [0.15, 0.2) is 23.0 Å². The fourth-order valence-electron chi connectivity index (χ4n) is 5.53. The molecule has 0 spiro atoms. The van der Waals surface area contributed by atoms with Crippen LogP contribution < -0.4 is 24.3 Å². The zero-order valence-electron chi connectivity index (χ0n) is 26.7. The number of ether oxygens (including phenoxy) is 4. The van der Waals surface area contributed by atoms with Crippen LogP contribution in [0.15, 0.2) is 36.4 Å². The number of benzene rings is 2. The van der Waals surface area contributed by atoms with Crippen LogP contribution in [-0.4, -0.2) is 87.7 Å². The smallest absolute Gasteiger partial charge is 0.414 e. The molecule has 242 valence electrons. The van der Waals surface area contributed by atoms with E-state index in [4.69, 9.17) is 38.7 Å². The van der Waals surface area contributed by atoms with Crippen LogP contribution >= 0.6 is 0 Å². The molecule has 1 aliphatic rings. The Morgan fingerprint density at radius 2 is 1.48 bits per heavy atom. The molecule has 11 heteroatoms. The summed E-state index contributed by atoms with van der Waals surface area (Å²) in [7, 11) is 6.61. The van der Waals surface area contributed by atoms with Gasteiger partial charge in [-0.25, -0.2) is 9.59 Å². The zero-order chi connectivity index (χ0) is 32.7. The van der Waals surface area contributed by atoms with Crippen LogP contribution in [0.1, 0.15) is 50.7 Å². The summed E-state index contributed by atoms with van der Waals surface area (Å²) < 4.78 is 21.7. The van der Waals surface area contributed by atoms with E-state index in [1.165, 1.54) is 5.56 Å². The molecule has 0 radical (unpaired) electrons. The minimum absolute atomic E-state index is 0.186. The average Bonchev–Trinajstić information content (AvgIpc) is 3.03. The maximum atomic E-state index is 10.3. The zero-order valence-corrected chi connectivity index (χ0v) is 26.7. The van der Waals surface area contributed by atoms with Crippen molar-refractivity contribution in [2.75, 3.05) is 54.6 Å². The summed E-state index contributed by atoms with van der Waals surface area (Å²) in [5.74, 6) is -0.558. The number of carbonyl (C=O) groups is 2. The molecule has 2 aromatic carbocycles. The predicted molar refractivity (Wildman–Crippen MR) is 167 cm³/mol. The number of methoxy groups -OCH3 is 4. The van der Waals surface area contributed by atoms with Gasteiger partial charge in [0.25, 0.3) is 0 Å². The SMILES string of the molecule is COc1ccc(CCNC2CCN(CCCC(C#N)(c3ccc(OC)c(OC)c3)C(C)C)CC2)cc1OC.O=C(O)C(=O)O. The predicted octanol–water partition coefficient (Wildman–Crippen LogP) is 4.37. The second-order valence-electron chi connectivity index (χ2n) is 11.0. The molecule has 0 amide bonds. The number of likely N-dealkylation sites (tertiary alicyclic amines) is 1. The molecule has 44 heavy (non-hydrogen) atoms. The van der Waals surface area contributed by atoms with Gasteiger partial charge in [0.1, 0.15) is 0 Å². The number of carboxylic acid groups (broad SMARTS) is 2. The van der Waals surface area contributed by atoms with Gasteiger partial charge in [-0.2, -0.15) is 5.26 Å². The van der Waals surface area contributed by atoms with E-state index in [0.29, 0.717) is 17.5 Å². The van der Waals surface area contributed by atoms with E-state index in [1.807, 2.05) is 24.3 Å². The Kier molecular flexibility index (Phi) is 14.8. The van der Waals surface area contributed by atoms with Crippen molar-refractivity contribution in [3.05, 3.63) is 47.5 Å². The molecule has 3 rings (SSSR count). The second kappa shape index (κ2) is 18.0. The third-order valence-electron chi connectivity index (χ3n) is 8.19. The average molecular weight is 614 g/mol. The lowest BCUT2D eigenvalue weighted by atomic mass is 9.69. The Morgan fingerprint density at radius 3 is 1.98 bits per heavy atom. The lowest BCUT2D eigenvalue weighted by molar-refractivity contribution is -0.159. The van der Waals surface area contributed by atoms with Crippen LogP contribution in [0.4, 0.5) is 0 Å². The molecule has 11 nitrogen and oxygen atoms in total. The molecule has 0 aromatic heterocycles. The van der Waals surface area contributed by atoms with Crippen LogP contribution in [-0.2, 0) is 21.4 Å². The molecule has 0 saturated carbocycles. The quantitative estimate of drug-likeness (QED) is 0.261. The lowest BCUT2D eigenvalue weighted by Gasteiger charge is -2.35. The summed E-state index contributed by atoms with van der Waals surface area (Å²) in [6.07, 6.45) is 5.06. The van der Waals surface area contributed by atoms with Gasteiger partial charge in [-0.05, 0) is 99.6 Å². The Balaban J connectivity index is 0.00000102. The van der Waals surface area contributed by atoms with Crippen molar-refractivity contribution in [3.8, 4) is 29.1 Å². The van der Waals surface area contributed by atoms with Gasteiger partial charge in [0.2, 0.25) is 0 Å². The van der Waals surface area contributed by atoms with Gasteiger partial charge in [0, 0.05) is 6.04 Å². The van der Waals surface area contributed by atoms with Gasteiger partial charge >= 0.3 is 11.9 Å². The van der Waals surface area contributed by atoms with Crippen molar-refractivity contribution in [2.24, 2.45) is 5.92 Å². The molecular weight excluding hydrogens is 566 g/mol. The number of rotatable bonds is 14. The summed E-state index contributed by atoms with van der Waals surface area (Å²) in [4.78, 5) is 20.7. The number of piperidine rings is 1. The van der Waals surface area contributed by atoms with E-state index in [-0.39, 0.29) is 5.92 Å². The van der Waals surface area contributed by atoms with E-state index in [9.17, 15) is 5.26 Å². The van der Waals surface area contributed by atoms with E-state index < -0.39 is 17.4 Å². The summed E-state index contributed by atoms with van der Waals surface area (Å²) in [6, 6.07) is 15.3. The normalized spacial score (nSPS) is 14.9. The first-order valence-corrected chi connectivity index (χ1v) is 14.8. The maximum Gasteiger partial charge on any atom is 0.414 e. The van der Waals surface area contributed by atoms with Gasteiger partial charge in [-0.1, -0.05) is 26.0 Å². The first-order valence-electron chi connectivity index (χ1n) is 14.8. The molecule has 2 aromatic rings. The van der Waals surface area contributed by atoms with Gasteiger partial charge < -0.3 is 39.4 Å². The van der Waals surface area contributed by atoms with Gasteiger partial charge in [-0.3, -0.25) is 0 Å². The Bertz CT molecular complexity index is 1240. The first kappa shape index (κ1) is 36.2. The second-order valence-corrected chi connectivity index (χ2v) is 11.0. The number of aliphatic carboxylic acids is 2. The Labute approximate surface area is 260 Å². The summed E-state index contributed by atoms with van der Waals surface area (Å²) in [5.41, 5.74) is 1.70. The molecule has 1 saturated heterocycles. The maximum absolute atomic E-state index is 10.3. The highest BCUT2D eigenvalue weighted by Crippen LogP contribution is 2.40. The van der Waals surface area contributed by atoms with Gasteiger partial charge in [-0.15, -0.1) is 0 Å². The highest BCUT2D eigenvalue weighted by Gasteiger charge is 2.36. The number of nitrogens with one attached hydrogen (secondary N) is 1. The molecule has 1 aliphatic heterocycles. The molecule has 1 unspecified atom stereocenters. The number of nitrogens with zero attached hydrogens (tertiary/aromatic N) is 2. The fraction of sp³-hybridized carbons (Fsp3) is 0.545. The summed E-state index contributed by atoms with van der Waals surface area (Å²) in [6.45, 7) is 8.42. The van der Waals surface area contributed by atoms with E-state index in [1.54, 1.807) is 28.4 Å². The lowest BCUT2D eigenvalue weighted by Crippen LogP contribution is -2.43. The third-order valence-corrected chi connectivity index (χ3v) is 8.19. The molecule has 1 heterocycles. The van der Waals surface area contributed by atoms with Crippen LogP contribution in [0.2, 0.25) is 0 Å². The Morgan fingerprint density at radius 1 is 0.932 bits per heavy atom. The minimum atomic E-state index is -1.82. The molecule has 1 fully saturated rings. The van der Waals surface area contributed by atoms with Crippen LogP contribution in [0.3, 0.4) is 0 Å². The van der Waals surface area contributed by atoms with Crippen molar-refractivity contribution in [1.82, 2.24) is 10.2 Å². The molecule has 0 bridgehead atoms. The molecule has 3 N–H and O–H groups in total. The summed E-state index contributed by atoms with van der Waals surface area (Å²) in [5, 5.41) is 28.8. The van der Waals surface area contributed by atoms with Crippen LogP contribution in [0.5, 0.6) is 23.0 Å². The van der Waals surface area contributed by atoms with Crippen molar-refractivity contribution in [1.29, 1.82) is 5.26 Å². The van der Waals surface area contributed by atoms with Crippen LogP contribution in [0, 0.1) is 17.2 Å². The van der Waals surface area contributed by atoms with Crippen molar-refractivity contribution < 1.29 is 38.7 Å². The molecule has 1 atom stereocenters. The number of hydrogen-bond donors (Lipinski definition) is 3. The monoisotopic (exact) mass is 613 g/mol. The molecule has 0 aliphatic carbocycles. The standard InChI is InChI=1S/C31H45N3O4.C2H2O4/c1-23(2)31(22-32,25-9-11-28(36-4)30(21-25)38-6)15-7-17-34-18-13-26(14-19-34)33-16-12-24-8-10-27(35-3)29(20-24)37-5;3-1(4)2(5)6/h8-11,20-21,23,26,33H,7,12-19H2,1-6H3;(H,3,4)(H,5,6). The highest BCUT2D eigenvalue weighted by atomic mass is 16.5. The fourth-order valence-corrected chi connectivity index (χ4v) is 5.53. The third kappa shape index (κ3) is 10.0. The van der Waals surface area contributed by atoms with Crippen molar-refractivity contribution in [2.45, 2.75) is 57.4 Å². The van der Waals surface area contributed by atoms with E-state index >= 15 is 0 Å². The van der Waals surface area contributed by atoms with E-state index in [0.717, 1.165) is 75.3 Å². The first-order chi connectivity index (χ1) is 21.0. The number of hydrogen-bond acceptors (Lipinski definition) is 9. The topological polar surface area (TPSA) is 151 Å². The van der Waals surface area contributed by atoms with Crippen LogP contribution in [0.25, 0.3) is 0 Å². The largest absolute Gasteiger partial charge is 0.493 e. The molecular formula is C33H47N3O8. The highest BCUT2D eigenvalue weighted by molar-refractivity contribution is 6.27. The number of nitriles is 1. The Hall–Kier alpha value is -4.01. The number of carboxylic acids is 2. The van der Waals surface area contributed by atoms with Gasteiger partial charge in [0.05, 0.1) is 39.9 Å².